The fraction of sp³-hybridized carbons (Fsp3) is 0.357. The number of hydrogen-bond acceptors (Lipinski definition) is 3. The number of aromatic amines is 1. The zero-order valence-electron chi connectivity index (χ0n) is 11.4. The Morgan fingerprint density at radius 1 is 1.33 bits per heavy atom. The second-order valence-corrected chi connectivity index (χ2v) is 5.96. The van der Waals surface area contributed by atoms with Gasteiger partial charge in [0.05, 0.1) is 15.9 Å². The highest BCUT2D eigenvalue weighted by Gasteiger charge is 2.14. The van der Waals surface area contributed by atoms with Gasteiger partial charge >= 0.3 is 0 Å². The molecule has 0 aliphatic carbocycles. The predicted molar refractivity (Wildman–Crippen MR) is 88.2 cm³/mol. The van der Waals surface area contributed by atoms with Crippen LogP contribution in [-0.2, 0) is 0 Å². The van der Waals surface area contributed by atoms with Crippen LogP contribution in [0.3, 0.4) is 0 Å². The first kappa shape index (κ1) is 16.2. The van der Waals surface area contributed by atoms with Gasteiger partial charge in [-0.3, -0.25) is 9.59 Å². The number of rotatable bonds is 4. The van der Waals surface area contributed by atoms with Crippen molar-refractivity contribution in [1.82, 2.24) is 9.55 Å². The first-order chi connectivity index (χ1) is 9.95. The minimum Gasteiger partial charge on any atom is -0.330 e. The van der Waals surface area contributed by atoms with Gasteiger partial charge in [0, 0.05) is 11.4 Å². The summed E-state index contributed by atoms with van der Waals surface area (Å²) in [5.41, 5.74) is -0.0895. The van der Waals surface area contributed by atoms with E-state index in [1.165, 1.54) is 12.1 Å². The maximum atomic E-state index is 12.5. The number of fused-ring (bicyclic) bond motifs is 1. The fourth-order valence-electron chi connectivity index (χ4n) is 2.11. The van der Waals surface area contributed by atoms with E-state index >= 15 is 0 Å². The van der Waals surface area contributed by atoms with Gasteiger partial charge in [-0.15, -0.1) is 0 Å². The Morgan fingerprint density at radius 3 is 2.71 bits per heavy atom. The first-order valence-electron chi connectivity index (χ1n) is 6.63. The van der Waals surface area contributed by atoms with Crippen LogP contribution in [0.15, 0.2) is 16.9 Å². The molecule has 0 spiro atoms. The van der Waals surface area contributed by atoms with Crippen molar-refractivity contribution in [2.24, 2.45) is 0 Å². The van der Waals surface area contributed by atoms with Crippen molar-refractivity contribution in [3.8, 4) is 0 Å². The Balaban J connectivity index is 2.58. The van der Waals surface area contributed by atoms with E-state index in [0.717, 1.165) is 23.8 Å². The number of unbranched alkanes of at least 4 members (excludes halogenated alkanes) is 2. The van der Waals surface area contributed by atoms with Crippen LogP contribution in [0.4, 0.5) is 0 Å². The lowest BCUT2D eigenvalue weighted by Crippen LogP contribution is -2.28. The molecule has 0 radical (unpaired) electrons. The molecule has 2 rings (SSSR count). The van der Waals surface area contributed by atoms with E-state index in [2.05, 4.69) is 4.98 Å². The lowest BCUT2D eigenvalue weighted by atomic mass is 10.2. The highest BCUT2D eigenvalue weighted by molar-refractivity contribution is 7.71. The van der Waals surface area contributed by atoms with Crippen LogP contribution < -0.4 is 5.56 Å². The number of benzene rings is 1. The summed E-state index contributed by atoms with van der Waals surface area (Å²) in [6.07, 6.45) is 2.94. The van der Waals surface area contributed by atoms with E-state index in [1.54, 1.807) is 0 Å². The van der Waals surface area contributed by atoms with E-state index in [4.69, 9.17) is 35.4 Å². The summed E-state index contributed by atoms with van der Waals surface area (Å²) in [7, 11) is 0. The molecule has 0 saturated carbocycles. The van der Waals surface area contributed by atoms with Gasteiger partial charge < -0.3 is 4.98 Å². The molecule has 112 valence electrons. The molecule has 1 aromatic carbocycles. The maximum Gasteiger partial charge on any atom is 0.269 e. The van der Waals surface area contributed by atoms with Crippen LogP contribution in [0.2, 0.25) is 10.0 Å². The molecule has 0 aliphatic heterocycles. The maximum absolute atomic E-state index is 12.5. The zero-order valence-corrected chi connectivity index (χ0v) is 13.7. The van der Waals surface area contributed by atoms with Crippen LogP contribution in [-0.4, -0.2) is 15.5 Å². The van der Waals surface area contributed by atoms with Gasteiger partial charge in [-0.25, -0.2) is 4.57 Å². The topological polar surface area (TPSA) is 54.9 Å². The number of H-pyrrole nitrogens is 1. The van der Waals surface area contributed by atoms with Crippen LogP contribution in [0.5, 0.6) is 0 Å². The average molecular weight is 345 g/mol. The molecule has 1 N–H and O–H groups in total. The van der Waals surface area contributed by atoms with Gasteiger partial charge in [-0.2, -0.15) is 0 Å². The molecule has 7 heteroatoms. The summed E-state index contributed by atoms with van der Waals surface area (Å²) in [4.78, 5) is 27.5. The minimum absolute atomic E-state index is 0.0539. The molecule has 21 heavy (non-hydrogen) atoms. The van der Waals surface area contributed by atoms with Gasteiger partial charge in [0.25, 0.3) is 5.56 Å². The van der Waals surface area contributed by atoms with Gasteiger partial charge in [0.15, 0.2) is 4.77 Å². The number of carbonyl (C=O) groups is 1. The van der Waals surface area contributed by atoms with Gasteiger partial charge in [0.2, 0.25) is 5.91 Å². The third kappa shape index (κ3) is 3.36. The molecule has 2 aromatic rings. The smallest absolute Gasteiger partial charge is 0.269 e. The SMILES string of the molecule is CCCCCC(=O)n1c(=S)[nH]c2c(Cl)cc(Cl)cc2c1=O. The van der Waals surface area contributed by atoms with Crippen molar-refractivity contribution < 1.29 is 4.79 Å². The van der Waals surface area contributed by atoms with E-state index in [-0.39, 0.29) is 22.5 Å². The third-order valence-electron chi connectivity index (χ3n) is 3.17. The highest BCUT2D eigenvalue weighted by Crippen LogP contribution is 2.24. The second kappa shape index (κ2) is 6.73. The molecule has 1 heterocycles. The summed E-state index contributed by atoms with van der Waals surface area (Å²) in [6, 6.07) is 3.00. The van der Waals surface area contributed by atoms with Gasteiger partial charge in [-0.1, -0.05) is 43.0 Å². The summed E-state index contributed by atoms with van der Waals surface area (Å²) in [5.74, 6) is -0.312. The summed E-state index contributed by atoms with van der Waals surface area (Å²) >= 11 is 17.1. The molecule has 0 amide bonds. The molecular formula is C14H14Cl2N2O2S. The molecule has 0 unspecified atom stereocenters. The van der Waals surface area contributed by atoms with Crippen molar-refractivity contribution in [3.05, 3.63) is 37.3 Å². The molecule has 0 aliphatic rings. The average Bonchev–Trinajstić information content (AvgIpc) is 2.41. The van der Waals surface area contributed by atoms with Crippen molar-refractivity contribution in [2.45, 2.75) is 32.6 Å². The second-order valence-electron chi connectivity index (χ2n) is 4.73. The van der Waals surface area contributed by atoms with E-state index in [1.807, 2.05) is 6.92 Å². The van der Waals surface area contributed by atoms with Gasteiger partial charge in [0.1, 0.15) is 0 Å². The lowest BCUT2D eigenvalue weighted by Gasteiger charge is -2.08. The Labute approximate surface area is 136 Å². The van der Waals surface area contributed by atoms with E-state index < -0.39 is 5.56 Å². The Bertz CT molecular complexity index is 811. The quantitative estimate of drug-likeness (QED) is 0.651. The summed E-state index contributed by atoms with van der Waals surface area (Å²) < 4.78 is 1.04. The molecule has 0 atom stereocenters. The number of nitrogens with zero attached hydrogens (tertiary/aromatic N) is 1. The summed E-state index contributed by atoms with van der Waals surface area (Å²) in [5, 5.41) is 0.885. The number of aromatic nitrogens is 2. The minimum atomic E-state index is -0.486. The van der Waals surface area contributed by atoms with Crippen LogP contribution in [0.25, 0.3) is 10.9 Å². The van der Waals surface area contributed by atoms with Crippen LogP contribution in [0.1, 0.15) is 37.4 Å². The van der Waals surface area contributed by atoms with Crippen molar-refractivity contribution >= 4 is 52.2 Å². The molecule has 0 fully saturated rings. The number of nitrogens with one attached hydrogen (secondary N) is 1. The number of hydrogen-bond donors (Lipinski definition) is 1. The monoisotopic (exact) mass is 344 g/mol. The largest absolute Gasteiger partial charge is 0.330 e. The fourth-order valence-corrected chi connectivity index (χ4v) is 2.94. The lowest BCUT2D eigenvalue weighted by molar-refractivity contribution is 0.0892. The number of carbonyl (C=O) groups excluding carboxylic acids is 1. The van der Waals surface area contributed by atoms with E-state index in [9.17, 15) is 9.59 Å². The Kier molecular flexibility index (Phi) is 5.19. The molecule has 1 aromatic heterocycles. The van der Waals surface area contributed by atoms with Crippen LogP contribution >= 0.6 is 35.4 Å². The van der Waals surface area contributed by atoms with E-state index in [0.29, 0.717) is 15.6 Å². The normalized spacial score (nSPS) is 11.0. The molecule has 0 bridgehead atoms. The van der Waals surface area contributed by atoms with Crippen molar-refractivity contribution in [1.29, 1.82) is 0 Å². The van der Waals surface area contributed by atoms with Gasteiger partial charge in [-0.05, 0) is 30.8 Å². The summed E-state index contributed by atoms with van der Waals surface area (Å²) in [6.45, 7) is 2.04. The highest BCUT2D eigenvalue weighted by atomic mass is 35.5. The van der Waals surface area contributed by atoms with Crippen LogP contribution in [0, 0.1) is 4.77 Å². The zero-order chi connectivity index (χ0) is 15.6. The standard InChI is InChI=1S/C14H14Cl2N2O2S/c1-2-3-4-5-11(19)18-13(20)9-6-8(15)7-10(16)12(9)17-14(18)21/h6-7H,2-5H2,1H3,(H,17,21). The Morgan fingerprint density at radius 2 is 2.05 bits per heavy atom. The van der Waals surface area contributed by atoms with Crippen molar-refractivity contribution in [2.75, 3.05) is 0 Å². The molecule has 4 nitrogen and oxygen atoms in total. The predicted octanol–water partition coefficient (Wildman–Crippen LogP) is 4.59. The molecular weight excluding hydrogens is 331 g/mol. The third-order valence-corrected chi connectivity index (χ3v) is 3.97. The Hall–Kier alpha value is -1.17. The number of halogens is 2. The van der Waals surface area contributed by atoms with Crippen molar-refractivity contribution in [3.63, 3.8) is 0 Å². The first-order valence-corrected chi connectivity index (χ1v) is 7.79. The molecule has 0 saturated heterocycles.